The van der Waals surface area contributed by atoms with E-state index in [2.05, 4.69) is 32.9 Å². The second kappa shape index (κ2) is 11.0. The van der Waals surface area contributed by atoms with E-state index in [1.54, 1.807) is 30.3 Å². The van der Waals surface area contributed by atoms with Gasteiger partial charge in [0, 0.05) is 13.0 Å². The third kappa shape index (κ3) is 12.8. The summed E-state index contributed by atoms with van der Waals surface area (Å²) in [5.41, 5.74) is 0.530. The minimum Gasteiger partial charge on any atom is -0.748 e. The number of rotatable bonds is 8. The monoisotopic (exact) mass is 356 g/mol. The van der Waals surface area contributed by atoms with E-state index in [-0.39, 0.29) is 5.91 Å². The zero-order valence-electron chi connectivity index (χ0n) is 14.7. The van der Waals surface area contributed by atoms with Crippen LogP contribution in [0.5, 0.6) is 0 Å². The molecule has 0 aliphatic heterocycles. The fourth-order valence-electron chi connectivity index (χ4n) is 1.73. The molecule has 1 N–H and O–H groups in total. The molecule has 0 unspecified atom stereocenters. The lowest BCUT2D eigenvalue weighted by Crippen LogP contribution is -2.41. The van der Waals surface area contributed by atoms with E-state index in [1.165, 1.54) is 6.08 Å². The molecule has 0 aliphatic carbocycles. The molecular formula is C17H28N2O4S. The number of nitrogens with one attached hydrogen (secondary N) is 1. The highest BCUT2D eigenvalue weighted by Crippen LogP contribution is 2.02. The van der Waals surface area contributed by atoms with Crippen molar-refractivity contribution in [1.82, 2.24) is 5.32 Å². The van der Waals surface area contributed by atoms with Crippen molar-refractivity contribution in [2.24, 2.45) is 0 Å². The van der Waals surface area contributed by atoms with E-state index in [0.29, 0.717) is 5.56 Å². The largest absolute Gasteiger partial charge is 0.748 e. The molecule has 0 bridgehead atoms. The third-order valence-electron chi connectivity index (χ3n) is 3.47. The van der Waals surface area contributed by atoms with Gasteiger partial charge in [-0.1, -0.05) is 36.9 Å². The van der Waals surface area contributed by atoms with Crippen molar-refractivity contribution in [2.45, 2.75) is 19.1 Å². The Kier molecular flexibility index (Phi) is 10.2. The Morgan fingerprint density at radius 3 is 2.33 bits per heavy atom. The Labute approximate surface area is 145 Å². The van der Waals surface area contributed by atoms with Crippen LogP contribution in [0.15, 0.2) is 43.0 Å². The molecule has 1 rings (SSSR count). The van der Waals surface area contributed by atoms with Crippen LogP contribution in [0.1, 0.15) is 18.9 Å². The van der Waals surface area contributed by atoms with Crippen molar-refractivity contribution in [2.75, 3.05) is 33.7 Å². The molecule has 136 valence electrons. The Morgan fingerprint density at radius 2 is 1.88 bits per heavy atom. The van der Waals surface area contributed by atoms with Crippen molar-refractivity contribution < 1.29 is 22.2 Å². The maximum absolute atomic E-state index is 10.8. The molecule has 0 atom stereocenters. The Balaban J connectivity index is 0.000000446. The van der Waals surface area contributed by atoms with E-state index in [4.69, 9.17) is 0 Å². The number of carbonyl (C=O) groups is 1. The first-order valence-electron chi connectivity index (χ1n) is 7.79. The van der Waals surface area contributed by atoms with Gasteiger partial charge >= 0.3 is 0 Å². The van der Waals surface area contributed by atoms with Gasteiger partial charge in [0.15, 0.2) is 0 Å². The van der Waals surface area contributed by atoms with Crippen LogP contribution in [-0.2, 0) is 20.7 Å². The van der Waals surface area contributed by atoms with Crippen molar-refractivity contribution in [3.8, 4) is 0 Å². The summed E-state index contributed by atoms with van der Waals surface area (Å²) in [4.78, 5) is 10.8. The number of amides is 1. The lowest BCUT2D eigenvalue weighted by atomic mass is 10.2. The minimum absolute atomic E-state index is 0.0817. The predicted octanol–water partition coefficient (Wildman–Crippen LogP) is 1.51. The number of nitrogens with zero attached hydrogens (tertiary/aromatic N) is 1. The molecule has 0 saturated carbocycles. The maximum atomic E-state index is 10.8. The number of hydrogen-bond donors (Lipinski definition) is 1. The number of benzene rings is 1. The highest BCUT2D eigenvalue weighted by molar-refractivity contribution is 7.84. The number of carbonyl (C=O) groups excluding carboxylic acids is 1. The molecule has 6 nitrogen and oxygen atoms in total. The third-order valence-corrected chi connectivity index (χ3v) is 4.15. The van der Waals surface area contributed by atoms with Gasteiger partial charge in [0.25, 0.3) is 0 Å². The Bertz CT molecular complexity index is 598. The molecule has 1 aromatic rings. The SMILES string of the molecule is C=CC(=O)NCCC[N+](C)(C)CC.O=S(=O)([O-])Cc1ccccc1. The topological polar surface area (TPSA) is 86.3 Å². The summed E-state index contributed by atoms with van der Waals surface area (Å²) in [5.74, 6) is -0.504. The first-order valence-corrected chi connectivity index (χ1v) is 9.37. The molecule has 0 aliphatic rings. The summed E-state index contributed by atoms with van der Waals surface area (Å²) in [6.07, 6.45) is 2.32. The molecule has 0 saturated heterocycles. The summed E-state index contributed by atoms with van der Waals surface area (Å²) < 4.78 is 31.7. The summed E-state index contributed by atoms with van der Waals surface area (Å²) >= 11 is 0. The lowest BCUT2D eigenvalue weighted by Gasteiger charge is -2.28. The fourth-order valence-corrected chi connectivity index (χ4v) is 2.33. The van der Waals surface area contributed by atoms with Crippen molar-refractivity contribution in [3.05, 3.63) is 48.6 Å². The minimum atomic E-state index is -4.13. The molecule has 0 radical (unpaired) electrons. The van der Waals surface area contributed by atoms with Crippen LogP contribution in [0, 0.1) is 0 Å². The molecule has 0 heterocycles. The van der Waals surface area contributed by atoms with Gasteiger partial charge in [0.1, 0.15) is 0 Å². The zero-order valence-corrected chi connectivity index (χ0v) is 15.5. The van der Waals surface area contributed by atoms with Crippen LogP contribution < -0.4 is 5.32 Å². The second-order valence-electron chi connectivity index (χ2n) is 6.01. The smallest absolute Gasteiger partial charge is 0.243 e. The van der Waals surface area contributed by atoms with Crippen LogP contribution >= 0.6 is 0 Å². The quantitative estimate of drug-likeness (QED) is 0.331. The maximum Gasteiger partial charge on any atom is 0.243 e. The molecule has 7 heteroatoms. The molecule has 0 spiro atoms. The first kappa shape index (κ1) is 22.3. The molecule has 1 amide bonds. The van der Waals surface area contributed by atoms with E-state index < -0.39 is 15.9 Å². The highest BCUT2D eigenvalue weighted by Gasteiger charge is 2.10. The normalized spacial score (nSPS) is 11.2. The van der Waals surface area contributed by atoms with Gasteiger partial charge in [0.2, 0.25) is 5.91 Å². The summed E-state index contributed by atoms with van der Waals surface area (Å²) in [6, 6.07) is 8.37. The van der Waals surface area contributed by atoms with Crippen molar-refractivity contribution in [3.63, 3.8) is 0 Å². The van der Waals surface area contributed by atoms with Gasteiger partial charge in [-0.15, -0.1) is 0 Å². The van der Waals surface area contributed by atoms with Gasteiger partial charge in [0.05, 0.1) is 43.1 Å². The van der Waals surface area contributed by atoms with Crippen LogP contribution in [0.2, 0.25) is 0 Å². The van der Waals surface area contributed by atoms with E-state index in [9.17, 15) is 17.8 Å². The molecule has 24 heavy (non-hydrogen) atoms. The summed E-state index contributed by atoms with van der Waals surface area (Å²) in [6.45, 7) is 8.51. The molecule has 0 aromatic heterocycles. The first-order chi connectivity index (χ1) is 11.1. The van der Waals surface area contributed by atoms with Crippen molar-refractivity contribution in [1.29, 1.82) is 0 Å². The average molecular weight is 356 g/mol. The van der Waals surface area contributed by atoms with E-state index >= 15 is 0 Å². The van der Waals surface area contributed by atoms with Crippen LogP contribution in [-0.4, -0.2) is 57.1 Å². The second-order valence-corrected chi connectivity index (χ2v) is 7.42. The van der Waals surface area contributed by atoms with Crippen LogP contribution in [0.4, 0.5) is 0 Å². The Morgan fingerprint density at radius 1 is 1.29 bits per heavy atom. The van der Waals surface area contributed by atoms with Crippen LogP contribution in [0.3, 0.4) is 0 Å². The summed E-state index contributed by atoms with van der Waals surface area (Å²) in [7, 11) is 0.252. The highest BCUT2D eigenvalue weighted by atomic mass is 32.2. The predicted molar refractivity (Wildman–Crippen MR) is 95.2 cm³/mol. The zero-order chi connectivity index (χ0) is 18.6. The standard InChI is InChI=1S/C10H20N2O.C7H8O3S/c1-5-10(13)11-8-7-9-12(3,4)6-2;8-11(9,10)6-7-4-2-1-3-5-7/h5H,1,6-9H2,2-4H3;1-5H,6H2,(H,8,9,10). The fraction of sp³-hybridized carbons (Fsp3) is 0.471. The van der Waals surface area contributed by atoms with E-state index in [0.717, 1.165) is 30.5 Å². The van der Waals surface area contributed by atoms with Gasteiger partial charge < -0.3 is 14.4 Å². The van der Waals surface area contributed by atoms with Crippen molar-refractivity contribution >= 4 is 16.0 Å². The number of hydrogen-bond acceptors (Lipinski definition) is 4. The molecular weight excluding hydrogens is 328 g/mol. The van der Waals surface area contributed by atoms with Gasteiger partial charge in [-0.05, 0) is 18.6 Å². The lowest BCUT2D eigenvalue weighted by molar-refractivity contribution is -0.888. The van der Waals surface area contributed by atoms with Gasteiger partial charge in [-0.25, -0.2) is 8.42 Å². The molecule has 1 aromatic carbocycles. The van der Waals surface area contributed by atoms with E-state index in [1.807, 2.05) is 0 Å². The summed E-state index contributed by atoms with van der Waals surface area (Å²) in [5, 5.41) is 2.76. The van der Waals surface area contributed by atoms with Gasteiger partial charge in [-0.3, -0.25) is 4.79 Å². The molecule has 0 fully saturated rings. The Hall–Kier alpha value is -1.70. The average Bonchev–Trinajstić information content (AvgIpc) is 2.51. The number of quaternary nitrogens is 1. The van der Waals surface area contributed by atoms with Gasteiger partial charge in [-0.2, -0.15) is 0 Å². The van der Waals surface area contributed by atoms with Crippen LogP contribution in [0.25, 0.3) is 0 Å².